The molecule has 0 spiro atoms. The number of nitrogens with zero attached hydrogens (tertiary/aromatic N) is 2. The summed E-state index contributed by atoms with van der Waals surface area (Å²) in [4.78, 5) is 12.1. The summed E-state index contributed by atoms with van der Waals surface area (Å²) in [6.45, 7) is 1.86. The zero-order valence-electron chi connectivity index (χ0n) is 14.7. The molecule has 138 valence electrons. The second kappa shape index (κ2) is 6.34. The number of amides is 1. The van der Waals surface area contributed by atoms with Crippen LogP contribution in [0, 0.1) is 5.82 Å². The van der Waals surface area contributed by atoms with Gasteiger partial charge in [0.25, 0.3) is 10.2 Å². The molecule has 0 aromatic heterocycles. The first-order valence-corrected chi connectivity index (χ1v) is 9.83. The maximum absolute atomic E-state index is 14.4. The van der Waals surface area contributed by atoms with Gasteiger partial charge in [-0.1, -0.05) is 18.2 Å². The van der Waals surface area contributed by atoms with Crippen molar-refractivity contribution in [1.29, 1.82) is 0 Å². The summed E-state index contributed by atoms with van der Waals surface area (Å²) >= 11 is 0. The maximum atomic E-state index is 14.4. The SMILES string of the molecule is CN(C)S(=O)(=O)N1[C@H]2CCCC(=O)N[C@@]2(C)C[C@H]1c1ccccc1F. The molecule has 1 amide bonds. The van der Waals surface area contributed by atoms with Crippen molar-refractivity contribution >= 4 is 16.1 Å². The van der Waals surface area contributed by atoms with Gasteiger partial charge in [0.2, 0.25) is 5.91 Å². The van der Waals surface area contributed by atoms with Crippen LogP contribution >= 0.6 is 0 Å². The molecule has 0 radical (unpaired) electrons. The minimum atomic E-state index is -3.78. The van der Waals surface area contributed by atoms with Gasteiger partial charge in [-0.05, 0) is 32.3 Å². The highest BCUT2D eigenvalue weighted by atomic mass is 32.2. The van der Waals surface area contributed by atoms with E-state index in [-0.39, 0.29) is 5.91 Å². The van der Waals surface area contributed by atoms with Gasteiger partial charge in [-0.2, -0.15) is 17.0 Å². The van der Waals surface area contributed by atoms with Crippen LogP contribution in [-0.4, -0.2) is 48.6 Å². The number of hydrogen-bond acceptors (Lipinski definition) is 3. The minimum Gasteiger partial charge on any atom is -0.349 e. The van der Waals surface area contributed by atoms with E-state index in [1.165, 1.54) is 24.5 Å². The number of nitrogens with one attached hydrogen (secondary N) is 1. The van der Waals surface area contributed by atoms with E-state index >= 15 is 0 Å². The van der Waals surface area contributed by atoms with Gasteiger partial charge in [0.15, 0.2) is 0 Å². The fourth-order valence-electron chi connectivity index (χ4n) is 4.05. The Bertz CT molecular complexity index is 783. The lowest BCUT2D eigenvalue weighted by Crippen LogP contribution is -2.55. The number of carbonyl (C=O) groups excluding carboxylic acids is 1. The molecule has 8 heteroatoms. The van der Waals surface area contributed by atoms with E-state index in [0.717, 1.165) is 4.31 Å². The Balaban J connectivity index is 2.14. The van der Waals surface area contributed by atoms with Crippen molar-refractivity contribution in [3.8, 4) is 0 Å². The van der Waals surface area contributed by atoms with Crippen LogP contribution in [0.25, 0.3) is 0 Å². The van der Waals surface area contributed by atoms with Crippen LogP contribution in [0.15, 0.2) is 24.3 Å². The van der Waals surface area contributed by atoms with Gasteiger partial charge in [0.05, 0.1) is 11.6 Å². The van der Waals surface area contributed by atoms with E-state index in [9.17, 15) is 17.6 Å². The van der Waals surface area contributed by atoms with Gasteiger partial charge in [0.1, 0.15) is 5.82 Å². The molecular weight excluding hydrogens is 345 g/mol. The standard InChI is InChI=1S/C17H24FN3O3S/c1-17-11-14(12-7-4-5-8-13(12)18)21(25(23,24)20(2)3)15(17)9-6-10-16(22)19-17/h4-5,7-8,14-15H,6,9-11H2,1-3H3,(H,19,22)/t14-,15-,17-/m0/s1. The van der Waals surface area contributed by atoms with Crippen LogP contribution in [0.3, 0.4) is 0 Å². The molecule has 2 aliphatic rings. The van der Waals surface area contributed by atoms with Crippen molar-refractivity contribution in [3.05, 3.63) is 35.6 Å². The Morgan fingerprint density at radius 1 is 1.32 bits per heavy atom. The molecular formula is C17H24FN3O3S. The highest BCUT2D eigenvalue weighted by Crippen LogP contribution is 2.47. The van der Waals surface area contributed by atoms with Crippen molar-refractivity contribution < 1.29 is 17.6 Å². The maximum Gasteiger partial charge on any atom is 0.282 e. The predicted molar refractivity (Wildman–Crippen MR) is 92.4 cm³/mol. The van der Waals surface area contributed by atoms with E-state index in [2.05, 4.69) is 5.32 Å². The lowest BCUT2D eigenvalue weighted by Gasteiger charge is -2.35. The first-order valence-electron chi connectivity index (χ1n) is 8.43. The van der Waals surface area contributed by atoms with Gasteiger partial charge in [-0.3, -0.25) is 4.79 Å². The molecule has 6 nitrogen and oxygen atoms in total. The zero-order chi connectivity index (χ0) is 18.4. The molecule has 3 rings (SSSR count). The Hall–Kier alpha value is -1.51. The van der Waals surface area contributed by atoms with Crippen molar-refractivity contribution in [2.75, 3.05) is 14.1 Å². The van der Waals surface area contributed by atoms with E-state index in [1.807, 2.05) is 6.92 Å². The van der Waals surface area contributed by atoms with Crippen LogP contribution in [0.4, 0.5) is 4.39 Å². The van der Waals surface area contributed by atoms with Crippen LogP contribution in [-0.2, 0) is 15.0 Å². The fraction of sp³-hybridized carbons (Fsp3) is 0.588. The van der Waals surface area contributed by atoms with Crippen molar-refractivity contribution in [2.45, 2.75) is 50.2 Å². The van der Waals surface area contributed by atoms with Crippen molar-refractivity contribution in [1.82, 2.24) is 13.9 Å². The third-order valence-corrected chi connectivity index (χ3v) is 7.23. The molecule has 25 heavy (non-hydrogen) atoms. The predicted octanol–water partition coefficient (Wildman–Crippen LogP) is 1.81. The summed E-state index contributed by atoms with van der Waals surface area (Å²) < 4.78 is 43.1. The lowest BCUT2D eigenvalue weighted by atomic mass is 9.88. The molecule has 2 fully saturated rings. The van der Waals surface area contributed by atoms with Crippen LogP contribution in [0.5, 0.6) is 0 Å². The Morgan fingerprint density at radius 2 is 2.00 bits per heavy atom. The Kier molecular flexibility index (Phi) is 4.63. The zero-order valence-corrected chi connectivity index (χ0v) is 15.5. The van der Waals surface area contributed by atoms with Crippen LogP contribution in [0.2, 0.25) is 0 Å². The molecule has 2 saturated heterocycles. The molecule has 1 aromatic carbocycles. The molecule has 1 aromatic rings. The summed E-state index contributed by atoms with van der Waals surface area (Å²) in [6.07, 6.45) is 1.90. The minimum absolute atomic E-state index is 0.0821. The number of benzene rings is 1. The van der Waals surface area contributed by atoms with Crippen molar-refractivity contribution in [3.63, 3.8) is 0 Å². The number of fused-ring (bicyclic) bond motifs is 1. The number of carbonyl (C=O) groups is 1. The third-order valence-electron chi connectivity index (χ3n) is 5.27. The summed E-state index contributed by atoms with van der Waals surface area (Å²) in [5.41, 5.74) is -0.375. The normalized spacial score (nSPS) is 30.8. The molecule has 1 N–H and O–H groups in total. The number of hydrogen-bond donors (Lipinski definition) is 1. The third kappa shape index (κ3) is 3.07. The van der Waals surface area contributed by atoms with Gasteiger partial charge in [-0.15, -0.1) is 0 Å². The highest BCUT2D eigenvalue weighted by molar-refractivity contribution is 7.86. The molecule has 0 saturated carbocycles. The number of rotatable bonds is 3. The first kappa shape index (κ1) is 18.3. The molecule has 0 bridgehead atoms. The molecule has 3 atom stereocenters. The van der Waals surface area contributed by atoms with E-state index in [0.29, 0.717) is 31.2 Å². The van der Waals surface area contributed by atoms with Gasteiger partial charge >= 0.3 is 0 Å². The Labute approximate surface area is 148 Å². The van der Waals surface area contributed by atoms with E-state index < -0.39 is 33.6 Å². The average molecular weight is 369 g/mol. The highest BCUT2D eigenvalue weighted by Gasteiger charge is 2.56. The smallest absolute Gasteiger partial charge is 0.282 e. The van der Waals surface area contributed by atoms with E-state index in [1.54, 1.807) is 18.2 Å². The van der Waals surface area contributed by atoms with Gasteiger partial charge < -0.3 is 5.32 Å². The second-order valence-corrected chi connectivity index (χ2v) is 9.28. The van der Waals surface area contributed by atoms with E-state index in [4.69, 9.17) is 0 Å². The quantitative estimate of drug-likeness (QED) is 0.883. The summed E-state index contributed by atoms with van der Waals surface area (Å²) in [5.74, 6) is -0.515. The van der Waals surface area contributed by atoms with Gasteiger partial charge in [-0.25, -0.2) is 4.39 Å². The molecule has 0 unspecified atom stereocenters. The summed E-state index contributed by atoms with van der Waals surface area (Å²) in [7, 11) is -0.842. The first-order chi connectivity index (χ1) is 11.7. The van der Waals surface area contributed by atoms with Crippen molar-refractivity contribution in [2.24, 2.45) is 0 Å². The fourth-order valence-corrected chi connectivity index (χ4v) is 5.59. The molecule has 2 aliphatic heterocycles. The molecule has 0 aliphatic carbocycles. The van der Waals surface area contributed by atoms with Gasteiger partial charge in [0, 0.05) is 32.1 Å². The Morgan fingerprint density at radius 3 is 2.64 bits per heavy atom. The van der Waals surface area contributed by atoms with Crippen LogP contribution in [0.1, 0.15) is 44.2 Å². The summed E-state index contributed by atoms with van der Waals surface area (Å²) in [5, 5.41) is 2.99. The average Bonchev–Trinajstić information content (AvgIpc) is 2.72. The number of halogens is 1. The lowest BCUT2D eigenvalue weighted by molar-refractivity contribution is -0.122. The molecule has 2 heterocycles. The monoisotopic (exact) mass is 369 g/mol. The largest absolute Gasteiger partial charge is 0.349 e. The topological polar surface area (TPSA) is 69.7 Å². The van der Waals surface area contributed by atoms with Crippen LogP contribution < -0.4 is 5.32 Å². The summed E-state index contributed by atoms with van der Waals surface area (Å²) in [6, 6.07) is 5.19. The second-order valence-electron chi connectivity index (χ2n) is 7.24.